The highest BCUT2D eigenvalue weighted by Gasteiger charge is 2.54. The number of nitrogens with zero attached hydrogens (tertiary/aromatic N) is 3. The standard InChI is InChI=1S/C26H21ClF4N4O5/c27-20-16(28)2-4-18-19(20)25(24(40)35(18)12-14(36)5-6-26(29,30)31)7-9-34(10-8-25)22(37)13-1-3-17-15(11-13)21(23(38)39)33-32-17/h1-4,11H,5-10,12H2,(H,32,33)(H,38,39). The molecule has 40 heavy (non-hydrogen) atoms. The van der Waals surface area contributed by atoms with E-state index in [0.717, 1.165) is 11.0 Å². The lowest BCUT2D eigenvalue weighted by Gasteiger charge is -2.38. The van der Waals surface area contributed by atoms with Crippen molar-refractivity contribution in [2.75, 3.05) is 24.5 Å². The van der Waals surface area contributed by atoms with Crippen molar-refractivity contribution in [2.24, 2.45) is 0 Å². The maximum absolute atomic E-state index is 14.5. The molecule has 2 aromatic carbocycles. The first kappa shape index (κ1) is 27.6. The van der Waals surface area contributed by atoms with Gasteiger partial charge in [0.25, 0.3) is 5.91 Å². The molecule has 0 atom stereocenters. The van der Waals surface area contributed by atoms with Gasteiger partial charge in [0.1, 0.15) is 5.82 Å². The van der Waals surface area contributed by atoms with Crippen LogP contribution in [0.2, 0.25) is 5.02 Å². The highest BCUT2D eigenvalue weighted by atomic mass is 35.5. The van der Waals surface area contributed by atoms with E-state index in [4.69, 9.17) is 11.6 Å². The van der Waals surface area contributed by atoms with Gasteiger partial charge in [-0.3, -0.25) is 19.5 Å². The van der Waals surface area contributed by atoms with Gasteiger partial charge in [-0.05, 0) is 43.2 Å². The minimum atomic E-state index is -4.53. The van der Waals surface area contributed by atoms with Gasteiger partial charge in [0.15, 0.2) is 11.5 Å². The number of piperidine rings is 1. The molecule has 3 heterocycles. The lowest BCUT2D eigenvalue weighted by atomic mass is 9.73. The minimum absolute atomic E-state index is 0.0231. The zero-order valence-corrected chi connectivity index (χ0v) is 21.4. The molecular formula is C26H21ClF4N4O5. The van der Waals surface area contributed by atoms with Gasteiger partial charge in [-0.15, -0.1) is 0 Å². The number of likely N-dealkylation sites (tertiary alicyclic amines) is 1. The van der Waals surface area contributed by atoms with Crippen LogP contribution >= 0.6 is 11.6 Å². The summed E-state index contributed by atoms with van der Waals surface area (Å²) in [7, 11) is 0. The van der Waals surface area contributed by atoms with Gasteiger partial charge in [-0.2, -0.15) is 18.3 Å². The summed E-state index contributed by atoms with van der Waals surface area (Å²) >= 11 is 6.30. The van der Waals surface area contributed by atoms with Crippen molar-refractivity contribution in [1.29, 1.82) is 0 Å². The van der Waals surface area contributed by atoms with E-state index in [1.54, 1.807) is 0 Å². The molecule has 9 nitrogen and oxygen atoms in total. The van der Waals surface area contributed by atoms with Crippen LogP contribution in [0.25, 0.3) is 10.9 Å². The lowest BCUT2D eigenvalue weighted by molar-refractivity contribution is -0.142. The Morgan fingerprint density at radius 3 is 2.48 bits per heavy atom. The number of anilines is 1. The number of rotatable bonds is 6. The first-order chi connectivity index (χ1) is 18.8. The third kappa shape index (κ3) is 4.67. The fraction of sp³-hybridized carbons (Fsp3) is 0.346. The van der Waals surface area contributed by atoms with Crippen molar-refractivity contribution >= 4 is 51.8 Å². The summed E-state index contributed by atoms with van der Waals surface area (Å²) < 4.78 is 52.4. The van der Waals surface area contributed by atoms with Crippen LogP contribution < -0.4 is 4.90 Å². The second-order valence-electron chi connectivity index (χ2n) is 9.81. The lowest BCUT2D eigenvalue weighted by Crippen LogP contribution is -2.50. The predicted octanol–water partition coefficient (Wildman–Crippen LogP) is 4.49. The Labute approximate surface area is 228 Å². The number of amides is 2. The second-order valence-corrected chi connectivity index (χ2v) is 10.2. The number of aromatic carboxylic acids is 1. The number of ketones is 1. The molecule has 0 radical (unpaired) electrons. The number of aromatic nitrogens is 2. The van der Waals surface area contributed by atoms with Gasteiger partial charge in [0, 0.05) is 36.0 Å². The van der Waals surface area contributed by atoms with Crippen LogP contribution in [0, 0.1) is 5.82 Å². The molecular weight excluding hydrogens is 560 g/mol. The second kappa shape index (κ2) is 9.88. The summed E-state index contributed by atoms with van der Waals surface area (Å²) in [5.41, 5.74) is -0.672. The molecule has 3 aromatic rings. The van der Waals surface area contributed by atoms with Crippen molar-refractivity contribution in [1.82, 2.24) is 15.1 Å². The van der Waals surface area contributed by atoms with Gasteiger partial charge in [-0.1, -0.05) is 11.6 Å². The highest BCUT2D eigenvalue weighted by molar-refractivity contribution is 6.33. The van der Waals surface area contributed by atoms with E-state index in [0.29, 0.717) is 5.52 Å². The number of Topliss-reactive ketones (excluding diaryl/α,β-unsaturated/α-hetero) is 1. The molecule has 2 aliphatic rings. The zero-order valence-electron chi connectivity index (χ0n) is 20.6. The summed E-state index contributed by atoms with van der Waals surface area (Å²) in [4.78, 5) is 53.3. The highest BCUT2D eigenvalue weighted by Crippen LogP contribution is 2.51. The SMILES string of the molecule is O=C(CCC(F)(F)F)CN1C(=O)C2(CCN(C(=O)c3ccc4[nH]nc(C(=O)O)c4c3)CC2)c2c1ccc(F)c2Cl. The molecule has 1 spiro atoms. The Bertz CT molecular complexity index is 1560. The molecule has 0 bridgehead atoms. The molecule has 0 unspecified atom stereocenters. The maximum Gasteiger partial charge on any atom is 0.389 e. The van der Waals surface area contributed by atoms with E-state index < -0.39 is 60.4 Å². The van der Waals surface area contributed by atoms with Crippen molar-refractivity contribution < 1.29 is 41.8 Å². The van der Waals surface area contributed by atoms with E-state index >= 15 is 0 Å². The van der Waals surface area contributed by atoms with Crippen LogP contribution in [0.4, 0.5) is 23.2 Å². The molecule has 5 rings (SSSR count). The smallest absolute Gasteiger partial charge is 0.389 e. The summed E-state index contributed by atoms with van der Waals surface area (Å²) in [5.74, 6) is -3.88. The number of carbonyl (C=O) groups excluding carboxylic acids is 3. The van der Waals surface area contributed by atoms with E-state index in [2.05, 4.69) is 10.2 Å². The fourth-order valence-electron chi connectivity index (χ4n) is 5.44. The number of benzene rings is 2. The third-order valence-corrected chi connectivity index (χ3v) is 7.80. The Hall–Kier alpha value is -4.00. The van der Waals surface area contributed by atoms with Gasteiger partial charge < -0.3 is 14.9 Å². The van der Waals surface area contributed by atoms with E-state index in [1.165, 1.54) is 29.2 Å². The number of carbonyl (C=O) groups is 4. The number of nitrogens with one attached hydrogen (secondary N) is 1. The quantitative estimate of drug-likeness (QED) is 0.414. The number of carboxylic acids is 1. The van der Waals surface area contributed by atoms with Gasteiger partial charge >= 0.3 is 12.1 Å². The van der Waals surface area contributed by atoms with Crippen LogP contribution in [0.5, 0.6) is 0 Å². The number of H-pyrrole nitrogens is 1. The molecule has 0 aliphatic carbocycles. The van der Waals surface area contributed by atoms with Crippen LogP contribution in [-0.2, 0) is 15.0 Å². The van der Waals surface area contributed by atoms with Crippen LogP contribution in [-0.4, -0.2) is 69.6 Å². The van der Waals surface area contributed by atoms with Crippen LogP contribution in [0.3, 0.4) is 0 Å². The first-order valence-electron chi connectivity index (χ1n) is 12.2. The number of halogens is 5. The van der Waals surface area contributed by atoms with Crippen LogP contribution in [0.15, 0.2) is 30.3 Å². The molecule has 14 heteroatoms. The maximum atomic E-state index is 14.5. The first-order valence-corrected chi connectivity index (χ1v) is 12.6. The van der Waals surface area contributed by atoms with Crippen LogP contribution in [0.1, 0.15) is 52.1 Å². The molecule has 2 N–H and O–H groups in total. The zero-order chi connectivity index (χ0) is 29.0. The van der Waals surface area contributed by atoms with E-state index in [1.807, 2.05) is 0 Å². The monoisotopic (exact) mass is 580 g/mol. The third-order valence-electron chi connectivity index (χ3n) is 7.44. The Morgan fingerprint density at radius 1 is 1.12 bits per heavy atom. The van der Waals surface area contributed by atoms with Gasteiger partial charge in [0.2, 0.25) is 5.91 Å². The number of aromatic amines is 1. The molecule has 1 aromatic heterocycles. The molecule has 2 amide bonds. The topological polar surface area (TPSA) is 124 Å². The summed E-state index contributed by atoms with van der Waals surface area (Å²) in [6, 6.07) is 6.75. The average Bonchev–Trinajstić information content (AvgIpc) is 3.43. The van der Waals surface area contributed by atoms with Crippen molar-refractivity contribution in [3.8, 4) is 0 Å². The summed E-state index contributed by atoms with van der Waals surface area (Å²) in [6.07, 6.45) is -6.62. The Balaban J connectivity index is 1.39. The molecule has 2 aliphatic heterocycles. The van der Waals surface area contributed by atoms with Crippen molar-refractivity contribution in [3.05, 3.63) is 58.0 Å². The number of alkyl halides is 3. The number of fused-ring (bicyclic) bond motifs is 3. The van der Waals surface area contributed by atoms with Crippen molar-refractivity contribution in [2.45, 2.75) is 37.3 Å². The molecule has 1 fully saturated rings. The fourth-order valence-corrected chi connectivity index (χ4v) is 5.78. The normalized spacial score (nSPS) is 16.6. The summed E-state index contributed by atoms with van der Waals surface area (Å²) in [5, 5.41) is 15.6. The molecule has 0 saturated carbocycles. The minimum Gasteiger partial charge on any atom is -0.476 e. The number of carboxylic acid groups (broad SMARTS) is 1. The van der Waals surface area contributed by atoms with Gasteiger partial charge in [-0.25, -0.2) is 9.18 Å². The molecule has 210 valence electrons. The largest absolute Gasteiger partial charge is 0.476 e. The van der Waals surface area contributed by atoms with E-state index in [9.17, 15) is 41.8 Å². The van der Waals surface area contributed by atoms with E-state index in [-0.39, 0.29) is 58.8 Å². The Kier molecular flexibility index (Phi) is 6.81. The number of hydrogen-bond acceptors (Lipinski definition) is 5. The summed E-state index contributed by atoms with van der Waals surface area (Å²) in [6.45, 7) is -0.533. The number of hydrogen-bond donors (Lipinski definition) is 2. The Morgan fingerprint density at radius 2 is 1.82 bits per heavy atom. The molecule has 1 saturated heterocycles. The average molecular weight is 581 g/mol. The predicted molar refractivity (Wildman–Crippen MR) is 134 cm³/mol. The van der Waals surface area contributed by atoms with Gasteiger partial charge in [0.05, 0.1) is 34.6 Å². The van der Waals surface area contributed by atoms with Crippen molar-refractivity contribution in [3.63, 3.8) is 0 Å².